The fourth-order valence-corrected chi connectivity index (χ4v) is 3.09. The van der Waals surface area contributed by atoms with E-state index in [4.69, 9.17) is 5.73 Å². The van der Waals surface area contributed by atoms with Gasteiger partial charge in [0.1, 0.15) is 0 Å². The summed E-state index contributed by atoms with van der Waals surface area (Å²) in [6.07, 6.45) is 4.77. The van der Waals surface area contributed by atoms with Crippen LogP contribution in [-0.2, 0) is 22.9 Å². The number of pyridine rings is 1. The molecule has 1 heterocycles. The van der Waals surface area contributed by atoms with E-state index in [0.717, 1.165) is 17.5 Å². The lowest BCUT2D eigenvalue weighted by Crippen LogP contribution is -2.26. The second kappa shape index (κ2) is 6.69. The molecule has 0 radical (unpaired) electrons. The topological polar surface area (TPSA) is 85.1 Å². The van der Waals surface area contributed by atoms with Crippen LogP contribution in [0.25, 0.3) is 0 Å². The lowest BCUT2D eigenvalue weighted by Gasteiger charge is -2.09. The van der Waals surface area contributed by atoms with E-state index in [0.29, 0.717) is 18.7 Å². The number of benzene rings is 1. The zero-order valence-electron chi connectivity index (χ0n) is 11.9. The molecule has 0 bridgehead atoms. The number of rotatable bonds is 6. The summed E-state index contributed by atoms with van der Waals surface area (Å²) in [5, 5.41) is 0. The van der Waals surface area contributed by atoms with Crippen molar-refractivity contribution in [1.29, 1.82) is 0 Å². The maximum absolute atomic E-state index is 12.2. The zero-order chi connectivity index (χ0) is 15.3. The van der Waals surface area contributed by atoms with E-state index >= 15 is 0 Å². The smallest absolute Gasteiger partial charge is 0.240 e. The predicted octanol–water partition coefficient (Wildman–Crippen LogP) is 1.75. The number of aryl methyl sites for hydroxylation is 1. The van der Waals surface area contributed by atoms with E-state index in [2.05, 4.69) is 9.71 Å². The number of aromatic nitrogens is 1. The fourth-order valence-electron chi connectivity index (χ4n) is 2.02. The van der Waals surface area contributed by atoms with Crippen LogP contribution in [0.15, 0.2) is 47.6 Å². The summed E-state index contributed by atoms with van der Waals surface area (Å²) >= 11 is 0. The largest absolute Gasteiger partial charge is 0.398 e. The molecule has 5 nitrogen and oxygen atoms in total. The molecule has 0 aliphatic heterocycles. The highest BCUT2D eigenvalue weighted by Crippen LogP contribution is 2.18. The molecular weight excluding hydrogens is 286 g/mol. The highest BCUT2D eigenvalue weighted by atomic mass is 32.2. The van der Waals surface area contributed by atoms with Gasteiger partial charge in [-0.15, -0.1) is 0 Å². The fraction of sp³-hybridized carbons (Fsp3) is 0.267. The van der Waals surface area contributed by atoms with Crippen molar-refractivity contribution in [3.63, 3.8) is 0 Å². The molecule has 2 rings (SSSR count). The van der Waals surface area contributed by atoms with E-state index in [9.17, 15) is 8.42 Å². The minimum Gasteiger partial charge on any atom is -0.398 e. The van der Waals surface area contributed by atoms with Gasteiger partial charge in [-0.3, -0.25) is 4.98 Å². The second-order valence-electron chi connectivity index (χ2n) is 4.72. The summed E-state index contributed by atoms with van der Waals surface area (Å²) < 4.78 is 27.0. The minimum atomic E-state index is -3.52. The Morgan fingerprint density at radius 3 is 2.52 bits per heavy atom. The Hall–Kier alpha value is -1.92. The van der Waals surface area contributed by atoms with Crippen molar-refractivity contribution in [2.24, 2.45) is 0 Å². The summed E-state index contributed by atoms with van der Waals surface area (Å²) in [7, 11) is -3.52. The van der Waals surface area contributed by atoms with Crippen LogP contribution in [0, 0.1) is 0 Å². The lowest BCUT2D eigenvalue weighted by atomic mass is 10.1. The summed E-state index contributed by atoms with van der Waals surface area (Å²) in [4.78, 5) is 4.12. The highest BCUT2D eigenvalue weighted by Gasteiger charge is 2.14. The third kappa shape index (κ3) is 4.03. The lowest BCUT2D eigenvalue weighted by molar-refractivity contribution is 0.581. The van der Waals surface area contributed by atoms with E-state index in [1.54, 1.807) is 24.5 Å². The van der Waals surface area contributed by atoms with Gasteiger partial charge in [0, 0.05) is 24.6 Å². The van der Waals surface area contributed by atoms with Gasteiger partial charge in [0.25, 0.3) is 0 Å². The van der Waals surface area contributed by atoms with Crippen molar-refractivity contribution in [1.82, 2.24) is 9.71 Å². The van der Waals surface area contributed by atoms with Gasteiger partial charge >= 0.3 is 0 Å². The van der Waals surface area contributed by atoms with Crippen LogP contribution in [0.1, 0.15) is 18.1 Å². The average molecular weight is 305 g/mol. The molecule has 0 aliphatic carbocycles. The van der Waals surface area contributed by atoms with Crippen molar-refractivity contribution in [2.75, 3.05) is 12.3 Å². The normalized spacial score (nSPS) is 11.5. The van der Waals surface area contributed by atoms with Crippen LogP contribution in [0.3, 0.4) is 0 Å². The maximum Gasteiger partial charge on any atom is 0.240 e. The number of nitrogen functional groups attached to an aromatic ring is 1. The van der Waals surface area contributed by atoms with Gasteiger partial charge in [0.05, 0.1) is 4.90 Å². The molecule has 112 valence electrons. The molecule has 0 aliphatic rings. The molecule has 1 aromatic heterocycles. The number of hydrogen-bond acceptors (Lipinski definition) is 4. The van der Waals surface area contributed by atoms with Crippen LogP contribution in [0.4, 0.5) is 5.69 Å². The highest BCUT2D eigenvalue weighted by molar-refractivity contribution is 7.89. The maximum atomic E-state index is 12.2. The summed E-state index contributed by atoms with van der Waals surface area (Å²) in [6, 6.07) is 8.58. The van der Waals surface area contributed by atoms with Crippen LogP contribution < -0.4 is 10.5 Å². The summed E-state index contributed by atoms with van der Waals surface area (Å²) in [5.74, 6) is 0. The SMILES string of the molecule is CCc1ccc(S(=O)(=O)NCCc2ccncc2)cc1N. The van der Waals surface area contributed by atoms with Crippen LogP contribution in [-0.4, -0.2) is 19.9 Å². The first-order valence-corrected chi connectivity index (χ1v) is 8.28. The number of anilines is 1. The average Bonchev–Trinajstić information content (AvgIpc) is 2.48. The van der Waals surface area contributed by atoms with Crippen LogP contribution >= 0.6 is 0 Å². The van der Waals surface area contributed by atoms with Gasteiger partial charge in [0.15, 0.2) is 0 Å². The van der Waals surface area contributed by atoms with Gasteiger partial charge in [-0.25, -0.2) is 13.1 Å². The third-order valence-electron chi connectivity index (χ3n) is 3.26. The molecule has 0 saturated heterocycles. The molecule has 6 heteroatoms. The molecule has 0 spiro atoms. The Kier molecular flexibility index (Phi) is 4.93. The number of sulfonamides is 1. The van der Waals surface area contributed by atoms with Crippen molar-refractivity contribution >= 4 is 15.7 Å². The van der Waals surface area contributed by atoms with Crippen LogP contribution in [0.5, 0.6) is 0 Å². The Morgan fingerprint density at radius 1 is 1.19 bits per heavy atom. The molecule has 0 atom stereocenters. The van der Waals surface area contributed by atoms with Gasteiger partial charge < -0.3 is 5.73 Å². The summed E-state index contributed by atoms with van der Waals surface area (Å²) in [6.45, 7) is 2.31. The molecule has 21 heavy (non-hydrogen) atoms. The molecule has 0 amide bonds. The zero-order valence-corrected chi connectivity index (χ0v) is 12.7. The van der Waals surface area contributed by atoms with Crippen molar-refractivity contribution in [3.05, 3.63) is 53.9 Å². The number of nitrogens with zero attached hydrogens (tertiary/aromatic N) is 1. The van der Waals surface area contributed by atoms with E-state index < -0.39 is 10.0 Å². The van der Waals surface area contributed by atoms with Gasteiger partial charge in [-0.05, 0) is 48.2 Å². The first-order valence-electron chi connectivity index (χ1n) is 6.80. The van der Waals surface area contributed by atoms with Crippen molar-refractivity contribution < 1.29 is 8.42 Å². The third-order valence-corrected chi connectivity index (χ3v) is 4.72. The number of hydrogen-bond donors (Lipinski definition) is 2. The van der Waals surface area contributed by atoms with E-state index in [1.807, 2.05) is 19.1 Å². The molecule has 0 saturated carbocycles. The monoisotopic (exact) mass is 305 g/mol. The van der Waals surface area contributed by atoms with Crippen LogP contribution in [0.2, 0.25) is 0 Å². The van der Waals surface area contributed by atoms with Gasteiger partial charge in [0.2, 0.25) is 10.0 Å². The van der Waals surface area contributed by atoms with Crippen molar-refractivity contribution in [2.45, 2.75) is 24.7 Å². The van der Waals surface area contributed by atoms with Crippen molar-refractivity contribution in [3.8, 4) is 0 Å². The Morgan fingerprint density at radius 2 is 1.90 bits per heavy atom. The number of nitrogens with two attached hydrogens (primary N) is 1. The predicted molar refractivity (Wildman–Crippen MR) is 83.4 cm³/mol. The Labute approximate surface area is 125 Å². The van der Waals surface area contributed by atoms with E-state index in [1.165, 1.54) is 6.07 Å². The standard InChI is InChI=1S/C15H19N3O2S/c1-2-13-3-4-14(11-15(13)16)21(19,20)18-10-7-12-5-8-17-9-6-12/h3-6,8-9,11,18H,2,7,10,16H2,1H3. The molecule has 1 aromatic carbocycles. The molecular formula is C15H19N3O2S. The van der Waals surface area contributed by atoms with E-state index in [-0.39, 0.29) is 4.90 Å². The first-order chi connectivity index (χ1) is 10.0. The molecule has 0 unspecified atom stereocenters. The molecule has 3 N–H and O–H groups in total. The van der Waals surface area contributed by atoms with Gasteiger partial charge in [-0.2, -0.15) is 0 Å². The summed E-state index contributed by atoms with van der Waals surface area (Å²) in [5.41, 5.74) is 8.34. The minimum absolute atomic E-state index is 0.201. The second-order valence-corrected chi connectivity index (χ2v) is 6.48. The molecule has 2 aromatic rings. The first kappa shape index (κ1) is 15.5. The Bertz CT molecular complexity index is 700. The number of nitrogens with one attached hydrogen (secondary N) is 1. The quantitative estimate of drug-likeness (QED) is 0.796. The Balaban J connectivity index is 2.03. The van der Waals surface area contributed by atoms with Gasteiger partial charge in [-0.1, -0.05) is 13.0 Å². The molecule has 0 fully saturated rings.